The molecule has 2 aromatic rings. The van der Waals surface area contributed by atoms with Crippen LogP contribution < -0.4 is 21.3 Å². The Morgan fingerprint density at radius 2 is 1.96 bits per heavy atom. The highest BCUT2D eigenvalue weighted by molar-refractivity contribution is 7.99. The van der Waals surface area contributed by atoms with Crippen molar-refractivity contribution in [3.8, 4) is 5.75 Å². The predicted molar refractivity (Wildman–Crippen MR) is 113 cm³/mol. The standard InChI is InChI=1S/C18H27N5O2S.ClH/c1-13-6-4-5-7-15(13)25-11-14(24)10-20-18(2,3)12-26-17-9-8-16(21-19)22-23-17;/h4-9,14,20,24H,10-12,19H2,1-3H3,(H,21,22);1H. The molecule has 0 saturated heterocycles. The van der Waals surface area contributed by atoms with Crippen LogP contribution >= 0.6 is 24.2 Å². The van der Waals surface area contributed by atoms with Crippen LogP contribution in [0.1, 0.15) is 19.4 Å². The fraction of sp³-hybridized carbons (Fsp3) is 0.444. The second-order valence-electron chi connectivity index (χ2n) is 6.68. The molecule has 1 unspecified atom stereocenters. The zero-order valence-corrected chi connectivity index (χ0v) is 17.4. The molecular weight excluding hydrogens is 386 g/mol. The highest BCUT2D eigenvalue weighted by atomic mass is 35.5. The summed E-state index contributed by atoms with van der Waals surface area (Å²) in [6.07, 6.45) is -0.589. The zero-order chi connectivity index (χ0) is 19.0. The van der Waals surface area contributed by atoms with Crippen molar-refractivity contribution in [1.82, 2.24) is 15.5 Å². The van der Waals surface area contributed by atoms with E-state index in [-0.39, 0.29) is 24.6 Å². The van der Waals surface area contributed by atoms with Gasteiger partial charge in [-0.1, -0.05) is 18.2 Å². The van der Waals surface area contributed by atoms with E-state index in [1.165, 1.54) is 0 Å². The van der Waals surface area contributed by atoms with Crippen molar-refractivity contribution in [2.75, 3.05) is 24.3 Å². The second kappa shape index (κ2) is 11.3. The molecule has 1 heterocycles. The van der Waals surface area contributed by atoms with Crippen LogP contribution in [-0.4, -0.2) is 45.9 Å². The topological polar surface area (TPSA) is 105 Å². The Morgan fingerprint density at radius 1 is 1.22 bits per heavy atom. The molecule has 1 aromatic heterocycles. The average molecular weight is 414 g/mol. The number of hydrogen-bond donors (Lipinski definition) is 4. The van der Waals surface area contributed by atoms with Gasteiger partial charge >= 0.3 is 0 Å². The lowest BCUT2D eigenvalue weighted by molar-refractivity contribution is 0.1000. The number of aromatic nitrogens is 2. The highest BCUT2D eigenvalue weighted by Gasteiger charge is 2.19. The van der Waals surface area contributed by atoms with Crippen LogP contribution in [0, 0.1) is 6.92 Å². The maximum absolute atomic E-state index is 10.2. The van der Waals surface area contributed by atoms with E-state index in [1.54, 1.807) is 17.8 Å². The molecule has 2 rings (SSSR count). The largest absolute Gasteiger partial charge is 0.491 e. The maximum Gasteiger partial charge on any atom is 0.162 e. The van der Waals surface area contributed by atoms with Crippen molar-refractivity contribution in [3.63, 3.8) is 0 Å². The fourth-order valence-electron chi connectivity index (χ4n) is 2.14. The van der Waals surface area contributed by atoms with Gasteiger partial charge in [0.25, 0.3) is 0 Å². The lowest BCUT2D eigenvalue weighted by atomic mass is 10.1. The van der Waals surface area contributed by atoms with Gasteiger partial charge in [-0.15, -0.1) is 34.4 Å². The first-order chi connectivity index (χ1) is 12.4. The first-order valence-electron chi connectivity index (χ1n) is 8.44. The lowest BCUT2D eigenvalue weighted by Crippen LogP contribution is -2.46. The van der Waals surface area contributed by atoms with E-state index in [1.807, 2.05) is 37.3 Å². The molecule has 5 N–H and O–H groups in total. The number of anilines is 1. The van der Waals surface area contributed by atoms with Crippen LogP contribution in [0.4, 0.5) is 5.82 Å². The van der Waals surface area contributed by atoms with E-state index in [4.69, 9.17) is 10.6 Å². The summed E-state index contributed by atoms with van der Waals surface area (Å²) in [6.45, 7) is 6.84. The molecule has 9 heteroatoms. The SMILES string of the molecule is Cc1ccccc1OCC(O)CNC(C)(C)CSc1ccc(NN)nn1.Cl. The van der Waals surface area contributed by atoms with Crippen molar-refractivity contribution in [1.29, 1.82) is 0 Å². The minimum absolute atomic E-state index is 0. The van der Waals surface area contributed by atoms with E-state index < -0.39 is 6.10 Å². The number of nitrogens with two attached hydrogens (primary N) is 1. The van der Waals surface area contributed by atoms with Gasteiger partial charge < -0.3 is 20.6 Å². The number of halogens is 1. The number of hydrogen-bond acceptors (Lipinski definition) is 8. The summed E-state index contributed by atoms with van der Waals surface area (Å²) in [4.78, 5) is 0. The van der Waals surface area contributed by atoms with Crippen LogP contribution in [-0.2, 0) is 0 Å². The van der Waals surface area contributed by atoms with E-state index in [9.17, 15) is 5.11 Å². The van der Waals surface area contributed by atoms with Crippen molar-refractivity contribution in [2.45, 2.75) is 37.4 Å². The zero-order valence-electron chi connectivity index (χ0n) is 15.8. The minimum Gasteiger partial charge on any atom is -0.491 e. The number of thioether (sulfide) groups is 1. The number of para-hydroxylation sites is 1. The van der Waals surface area contributed by atoms with Gasteiger partial charge in [0.2, 0.25) is 0 Å². The molecule has 1 atom stereocenters. The van der Waals surface area contributed by atoms with Crippen molar-refractivity contribution in [3.05, 3.63) is 42.0 Å². The van der Waals surface area contributed by atoms with E-state index >= 15 is 0 Å². The molecule has 0 aliphatic rings. The molecule has 27 heavy (non-hydrogen) atoms. The van der Waals surface area contributed by atoms with Gasteiger partial charge in [0, 0.05) is 17.8 Å². The molecule has 0 bridgehead atoms. The third kappa shape index (κ3) is 8.32. The molecule has 1 aromatic carbocycles. The number of nitrogens with zero attached hydrogens (tertiary/aromatic N) is 2. The van der Waals surface area contributed by atoms with Crippen molar-refractivity contribution in [2.24, 2.45) is 5.84 Å². The molecule has 0 aliphatic heterocycles. The summed E-state index contributed by atoms with van der Waals surface area (Å²) < 4.78 is 5.69. The Labute approximate surface area is 170 Å². The molecule has 7 nitrogen and oxygen atoms in total. The molecule has 0 saturated carbocycles. The van der Waals surface area contributed by atoms with Gasteiger partial charge in [0.05, 0.1) is 0 Å². The first kappa shape index (κ1) is 23.5. The number of benzene rings is 1. The highest BCUT2D eigenvalue weighted by Crippen LogP contribution is 2.21. The number of aryl methyl sites for hydroxylation is 1. The van der Waals surface area contributed by atoms with Crippen LogP contribution in [0.3, 0.4) is 0 Å². The second-order valence-corrected chi connectivity index (χ2v) is 7.68. The third-order valence-electron chi connectivity index (χ3n) is 3.71. The van der Waals surface area contributed by atoms with Crippen LogP contribution in [0.25, 0.3) is 0 Å². The Hall–Kier alpha value is -1.58. The molecular formula is C18H28ClN5O2S. The van der Waals surface area contributed by atoms with E-state index in [0.29, 0.717) is 12.4 Å². The molecule has 0 fully saturated rings. The summed E-state index contributed by atoms with van der Waals surface area (Å²) in [5.74, 6) is 7.39. The van der Waals surface area contributed by atoms with Crippen LogP contribution in [0.5, 0.6) is 5.75 Å². The van der Waals surface area contributed by atoms with E-state index in [2.05, 4.69) is 34.8 Å². The Bertz CT molecular complexity index is 688. The van der Waals surface area contributed by atoms with Gasteiger partial charge in [-0.05, 0) is 44.5 Å². The monoisotopic (exact) mass is 413 g/mol. The number of rotatable bonds is 10. The first-order valence-corrected chi connectivity index (χ1v) is 9.43. The molecule has 150 valence electrons. The maximum atomic E-state index is 10.2. The van der Waals surface area contributed by atoms with Gasteiger partial charge in [-0.25, -0.2) is 5.84 Å². The van der Waals surface area contributed by atoms with Crippen molar-refractivity contribution < 1.29 is 9.84 Å². The van der Waals surface area contributed by atoms with Crippen molar-refractivity contribution >= 4 is 30.0 Å². The fourth-order valence-corrected chi connectivity index (χ4v) is 3.01. The number of hydrazine groups is 1. The number of aliphatic hydroxyl groups excluding tert-OH is 1. The third-order valence-corrected chi connectivity index (χ3v) is 5.09. The Morgan fingerprint density at radius 3 is 2.59 bits per heavy atom. The number of nitrogen functional groups attached to an aromatic ring is 1. The normalized spacial score (nSPS) is 12.2. The summed E-state index contributed by atoms with van der Waals surface area (Å²) >= 11 is 1.59. The Balaban J connectivity index is 0.00000364. The number of aliphatic hydroxyl groups is 1. The van der Waals surface area contributed by atoms with Gasteiger partial charge in [-0.2, -0.15) is 0 Å². The molecule has 0 amide bonds. The van der Waals surface area contributed by atoms with E-state index in [0.717, 1.165) is 22.1 Å². The predicted octanol–water partition coefficient (Wildman–Crippen LogP) is 2.39. The van der Waals surface area contributed by atoms with Gasteiger partial charge in [-0.3, -0.25) is 0 Å². The lowest BCUT2D eigenvalue weighted by Gasteiger charge is -2.27. The summed E-state index contributed by atoms with van der Waals surface area (Å²) in [7, 11) is 0. The number of β-amino-alcohol motifs (C(OH)–C–C–N with tert-alkyl or cyclic N) is 1. The smallest absolute Gasteiger partial charge is 0.162 e. The summed E-state index contributed by atoms with van der Waals surface area (Å²) in [5.41, 5.74) is 3.33. The molecule has 0 spiro atoms. The molecule has 0 aliphatic carbocycles. The summed E-state index contributed by atoms with van der Waals surface area (Å²) in [6, 6.07) is 11.4. The minimum atomic E-state index is -0.589. The van der Waals surface area contributed by atoms with Gasteiger partial charge in [0.1, 0.15) is 23.5 Å². The van der Waals surface area contributed by atoms with Crippen LogP contribution in [0.2, 0.25) is 0 Å². The quantitative estimate of drug-likeness (QED) is 0.267. The number of nitrogens with one attached hydrogen (secondary N) is 2. The Kier molecular flexibility index (Phi) is 9.82. The number of ether oxygens (including phenoxy) is 1. The van der Waals surface area contributed by atoms with Crippen LogP contribution in [0.15, 0.2) is 41.4 Å². The summed E-state index contributed by atoms with van der Waals surface area (Å²) in [5, 5.41) is 22.4. The van der Waals surface area contributed by atoms with Gasteiger partial charge in [0.15, 0.2) is 5.82 Å². The average Bonchev–Trinajstić information content (AvgIpc) is 2.65. The molecule has 0 radical (unpaired) electrons.